The first-order chi connectivity index (χ1) is 13.8. The van der Waals surface area contributed by atoms with Crippen molar-refractivity contribution < 1.29 is 13.2 Å². The number of aryl methyl sites for hydroxylation is 1. The van der Waals surface area contributed by atoms with E-state index in [0.717, 1.165) is 23.5 Å². The van der Waals surface area contributed by atoms with Crippen LogP contribution in [0, 0.1) is 6.92 Å². The number of amides is 1. The molecule has 0 aliphatic rings. The van der Waals surface area contributed by atoms with Crippen LogP contribution >= 0.6 is 23.4 Å². The van der Waals surface area contributed by atoms with Crippen LogP contribution in [0.25, 0.3) is 0 Å². The average molecular weight is 450 g/mol. The molecule has 150 valence electrons. The van der Waals surface area contributed by atoms with E-state index in [9.17, 15) is 18.0 Å². The van der Waals surface area contributed by atoms with Gasteiger partial charge in [0, 0.05) is 10.7 Å². The van der Waals surface area contributed by atoms with Crippen LogP contribution in [0.1, 0.15) is 5.56 Å². The predicted octanol–water partition coefficient (Wildman–Crippen LogP) is 3.30. The third-order valence-corrected chi connectivity index (χ3v) is 6.77. The van der Waals surface area contributed by atoms with Crippen molar-refractivity contribution in [2.75, 3.05) is 11.1 Å². The third-order valence-electron chi connectivity index (χ3n) is 3.90. The Morgan fingerprint density at radius 2 is 1.97 bits per heavy atom. The molecule has 7 nitrogen and oxygen atoms in total. The summed E-state index contributed by atoms with van der Waals surface area (Å²) >= 11 is 6.83. The largest absolute Gasteiger partial charge is 0.325 e. The summed E-state index contributed by atoms with van der Waals surface area (Å²) in [5.74, 6) is -0.278. The van der Waals surface area contributed by atoms with Crippen molar-refractivity contribution in [3.8, 4) is 0 Å². The Labute approximate surface area is 176 Å². The van der Waals surface area contributed by atoms with Crippen LogP contribution in [-0.4, -0.2) is 30.0 Å². The van der Waals surface area contributed by atoms with Crippen molar-refractivity contribution in [3.05, 3.63) is 75.7 Å². The van der Waals surface area contributed by atoms with E-state index in [2.05, 4.69) is 15.3 Å². The van der Waals surface area contributed by atoms with Gasteiger partial charge in [0.1, 0.15) is 0 Å². The summed E-state index contributed by atoms with van der Waals surface area (Å²) in [6.07, 6.45) is 0.983. The summed E-state index contributed by atoms with van der Waals surface area (Å²) in [5.41, 5.74) is 0.803. The van der Waals surface area contributed by atoms with E-state index in [-0.39, 0.29) is 26.7 Å². The Morgan fingerprint density at radius 1 is 1.21 bits per heavy atom. The SMILES string of the molecule is Cc1ccccc1NC(=O)CSc1ncc(S(=O)(=O)c2cccc(Cl)c2)c(=O)[nH]1. The quantitative estimate of drug-likeness (QED) is 0.441. The van der Waals surface area contributed by atoms with Crippen LogP contribution in [0.15, 0.2) is 74.5 Å². The molecule has 0 fully saturated rings. The fraction of sp³-hybridized carbons (Fsp3) is 0.105. The molecule has 2 aromatic carbocycles. The fourth-order valence-electron chi connectivity index (χ4n) is 2.43. The van der Waals surface area contributed by atoms with Gasteiger partial charge in [0.05, 0.1) is 16.8 Å². The topological polar surface area (TPSA) is 109 Å². The van der Waals surface area contributed by atoms with Crippen molar-refractivity contribution in [2.24, 2.45) is 0 Å². The van der Waals surface area contributed by atoms with Crippen molar-refractivity contribution in [1.29, 1.82) is 0 Å². The number of nitrogens with one attached hydrogen (secondary N) is 2. The van der Waals surface area contributed by atoms with Gasteiger partial charge in [0.2, 0.25) is 15.7 Å². The van der Waals surface area contributed by atoms with Crippen LogP contribution in [0.2, 0.25) is 5.02 Å². The lowest BCUT2D eigenvalue weighted by atomic mass is 10.2. The van der Waals surface area contributed by atoms with E-state index in [1.165, 1.54) is 24.3 Å². The highest BCUT2D eigenvalue weighted by Gasteiger charge is 2.22. The zero-order valence-electron chi connectivity index (χ0n) is 15.2. The number of sulfone groups is 1. The van der Waals surface area contributed by atoms with Crippen LogP contribution in [0.4, 0.5) is 5.69 Å². The summed E-state index contributed by atoms with van der Waals surface area (Å²) in [5, 5.41) is 3.15. The van der Waals surface area contributed by atoms with E-state index in [1.54, 1.807) is 6.07 Å². The molecule has 1 amide bonds. The van der Waals surface area contributed by atoms with Gasteiger partial charge in [-0.15, -0.1) is 0 Å². The summed E-state index contributed by atoms with van der Waals surface area (Å²) in [6.45, 7) is 1.88. The first-order valence-electron chi connectivity index (χ1n) is 8.35. The minimum Gasteiger partial charge on any atom is -0.325 e. The molecule has 10 heteroatoms. The summed E-state index contributed by atoms with van der Waals surface area (Å²) in [7, 11) is -4.06. The number of rotatable bonds is 6. The molecular formula is C19H16ClN3O4S2. The van der Waals surface area contributed by atoms with Crippen molar-refractivity contribution in [2.45, 2.75) is 21.9 Å². The summed E-state index contributed by atoms with van der Waals surface area (Å²) in [4.78, 5) is 30.2. The first-order valence-corrected chi connectivity index (χ1v) is 11.2. The molecule has 3 rings (SSSR count). The maximum absolute atomic E-state index is 12.6. The molecule has 0 aliphatic carbocycles. The van der Waals surface area contributed by atoms with Gasteiger partial charge in [-0.05, 0) is 36.8 Å². The monoisotopic (exact) mass is 449 g/mol. The molecule has 1 heterocycles. The molecule has 3 aromatic rings. The van der Waals surface area contributed by atoms with Crippen LogP contribution in [0.5, 0.6) is 0 Å². The van der Waals surface area contributed by atoms with Gasteiger partial charge in [0.25, 0.3) is 5.56 Å². The lowest BCUT2D eigenvalue weighted by Gasteiger charge is -2.08. The third kappa shape index (κ3) is 5.06. The second-order valence-electron chi connectivity index (χ2n) is 5.99. The van der Waals surface area contributed by atoms with Gasteiger partial charge in [-0.3, -0.25) is 9.59 Å². The molecule has 2 N–H and O–H groups in total. The fourth-order valence-corrected chi connectivity index (χ4v) is 4.59. The molecule has 0 radical (unpaired) electrons. The molecule has 0 spiro atoms. The molecule has 0 unspecified atom stereocenters. The number of para-hydroxylation sites is 1. The number of carbonyl (C=O) groups is 1. The smallest absolute Gasteiger partial charge is 0.270 e. The normalized spacial score (nSPS) is 11.2. The number of halogens is 1. The van der Waals surface area contributed by atoms with Gasteiger partial charge in [-0.25, -0.2) is 13.4 Å². The Morgan fingerprint density at radius 3 is 2.66 bits per heavy atom. The van der Waals surface area contributed by atoms with E-state index in [0.29, 0.717) is 5.69 Å². The van der Waals surface area contributed by atoms with Crippen molar-refractivity contribution >= 4 is 44.8 Å². The van der Waals surface area contributed by atoms with Gasteiger partial charge < -0.3 is 10.3 Å². The average Bonchev–Trinajstić information content (AvgIpc) is 2.68. The second kappa shape index (κ2) is 8.81. The Hall–Kier alpha value is -2.62. The maximum atomic E-state index is 12.6. The number of nitrogens with zero attached hydrogens (tertiary/aromatic N) is 1. The number of H-pyrrole nitrogens is 1. The molecule has 0 saturated heterocycles. The number of carbonyl (C=O) groups excluding carboxylic acids is 1. The molecule has 0 bridgehead atoms. The number of hydrogen-bond acceptors (Lipinski definition) is 6. The van der Waals surface area contributed by atoms with E-state index in [1.807, 2.05) is 25.1 Å². The number of anilines is 1. The number of benzene rings is 2. The maximum Gasteiger partial charge on any atom is 0.270 e. The highest BCUT2D eigenvalue weighted by atomic mass is 35.5. The first kappa shape index (κ1) is 21.1. The number of aromatic amines is 1. The lowest BCUT2D eigenvalue weighted by Crippen LogP contribution is -2.20. The van der Waals surface area contributed by atoms with Crippen molar-refractivity contribution in [1.82, 2.24) is 9.97 Å². The number of thioether (sulfide) groups is 1. The highest BCUT2D eigenvalue weighted by Crippen LogP contribution is 2.22. The lowest BCUT2D eigenvalue weighted by molar-refractivity contribution is -0.113. The molecule has 0 atom stereocenters. The van der Waals surface area contributed by atoms with Gasteiger partial charge >= 0.3 is 0 Å². The molecular weight excluding hydrogens is 434 g/mol. The van der Waals surface area contributed by atoms with E-state index in [4.69, 9.17) is 11.6 Å². The van der Waals surface area contributed by atoms with E-state index < -0.39 is 20.3 Å². The molecule has 1 aromatic heterocycles. The Kier molecular flexibility index (Phi) is 6.41. The Balaban J connectivity index is 1.72. The predicted molar refractivity (Wildman–Crippen MR) is 112 cm³/mol. The van der Waals surface area contributed by atoms with E-state index >= 15 is 0 Å². The highest BCUT2D eigenvalue weighted by molar-refractivity contribution is 7.99. The van der Waals surface area contributed by atoms with Crippen molar-refractivity contribution in [3.63, 3.8) is 0 Å². The zero-order chi connectivity index (χ0) is 21.0. The number of hydrogen-bond donors (Lipinski definition) is 2. The minimum atomic E-state index is -4.06. The minimum absolute atomic E-state index is 0.00232. The van der Waals surface area contributed by atoms with Crippen LogP contribution in [0.3, 0.4) is 0 Å². The Bertz CT molecular complexity index is 1230. The zero-order valence-corrected chi connectivity index (χ0v) is 17.6. The van der Waals surface area contributed by atoms with Crippen LogP contribution in [-0.2, 0) is 14.6 Å². The standard InChI is InChI=1S/C19H16ClN3O4S2/c1-12-5-2-3-8-15(12)22-17(24)11-28-19-21-10-16(18(25)23-19)29(26,27)14-7-4-6-13(20)9-14/h2-10H,11H2,1H3,(H,22,24)(H,21,23,25). The van der Waals surface area contributed by atoms with Gasteiger partial charge in [-0.2, -0.15) is 0 Å². The van der Waals surface area contributed by atoms with Gasteiger partial charge in [0.15, 0.2) is 10.1 Å². The summed E-state index contributed by atoms with van der Waals surface area (Å²) in [6, 6.07) is 13.0. The summed E-state index contributed by atoms with van der Waals surface area (Å²) < 4.78 is 25.3. The van der Waals surface area contributed by atoms with Crippen LogP contribution < -0.4 is 10.9 Å². The number of aromatic nitrogens is 2. The second-order valence-corrected chi connectivity index (χ2v) is 9.31. The van der Waals surface area contributed by atoms with Gasteiger partial charge in [-0.1, -0.05) is 47.6 Å². The molecule has 0 aliphatic heterocycles. The molecule has 0 saturated carbocycles. The molecule has 29 heavy (non-hydrogen) atoms.